The number of aliphatic hydroxyl groups excluding tert-OH is 3. The minimum atomic E-state index is -0.825. The van der Waals surface area contributed by atoms with Crippen molar-refractivity contribution in [3.63, 3.8) is 0 Å². The van der Waals surface area contributed by atoms with Gasteiger partial charge in [0, 0.05) is 29.5 Å². The zero-order valence-electron chi connectivity index (χ0n) is 16.4. The maximum atomic E-state index is 13.5. The third-order valence-corrected chi connectivity index (χ3v) is 6.81. The molecule has 2 aliphatic heterocycles. The summed E-state index contributed by atoms with van der Waals surface area (Å²) in [5.41, 5.74) is 3.14. The molecule has 3 aromatic rings. The van der Waals surface area contributed by atoms with Gasteiger partial charge in [0.25, 0.3) is 0 Å². The fraction of sp³-hybridized carbons (Fsp3) is 0.391. The van der Waals surface area contributed by atoms with E-state index in [2.05, 4.69) is 0 Å². The number of methoxy groups -OCH3 is 1. The van der Waals surface area contributed by atoms with Gasteiger partial charge in [-0.3, -0.25) is 0 Å². The van der Waals surface area contributed by atoms with Gasteiger partial charge in [0.15, 0.2) is 0 Å². The first kappa shape index (κ1) is 18.8. The molecule has 2 aliphatic rings. The van der Waals surface area contributed by atoms with E-state index in [-0.39, 0.29) is 23.9 Å². The first-order valence-corrected chi connectivity index (χ1v) is 10.1. The standard InChI is InChI=1S/C23H25NO5/c1-29-21-9-18-17(8-14(21)12-26)16-7-13(11-25)4-5-15(16)22-19(18)10-24(28)6-2-3-20(24)23(22)27/h4-5,7-9,20,23,25-27H,2-3,6,10-12H2,1H3/t20-,23+,24?/m1/s1. The van der Waals surface area contributed by atoms with Crippen LogP contribution >= 0.6 is 0 Å². The molecule has 6 nitrogen and oxygen atoms in total. The predicted molar refractivity (Wildman–Crippen MR) is 110 cm³/mol. The molecular weight excluding hydrogens is 370 g/mol. The van der Waals surface area contributed by atoms with E-state index in [4.69, 9.17) is 4.74 Å². The van der Waals surface area contributed by atoms with Crippen LogP contribution in [0.15, 0.2) is 30.3 Å². The van der Waals surface area contributed by atoms with Gasteiger partial charge in [-0.2, -0.15) is 0 Å². The SMILES string of the molecule is COc1cc2c3c(c4ccc(CO)cc4c2cc1CO)[C@@H](O)[C@H]1CCC[N+]1([O-])C3. The first-order chi connectivity index (χ1) is 14.0. The van der Waals surface area contributed by atoms with E-state index in [1.54, 1.807) is 7.11 Å². The number of hydrogen-bond donors (Lipinski definition) is 3. The van der Waals surface area contributed by atoms with E-state index >= 15 is 0 Å². The maximum Gasteiger partial charge on any atom is 0.132 e. The lowest BCUT2D eigenvalue weighted by atomic mass is 9.82. The monoisotopic (exact) mass is 395 g/mol. The number of benzene rings is 3. The van der Waals surface area contributed by atoms with E-state index < -0.39 is 6.10 Å². The van der Waals surface area contributed by atoms with Gasteiger partial charge in [0.2, 0.25) is 0 Å². The highest BCUT2D eigenvalue weighted by molar-refractivity contribution is 6.12. The van der Waals surface area contributed by atoms with Crippen molar-refractivity contribution in [1.29, 1.82) is 0 Å². The highest BCUT2D eigenvalue weighted by atomic mass is 16.6. The molecule has 0 amide bonds. The third kappa shape index (κ3) is 2.61. The molecule has 0 radical (unpaired) electrons. The summed E-state index contributed by atoms with van der Waals surface area (Å²) < 4.78 is 5.10. The Morgan fingerprint density at radius 1 is 1.07 bits per heavy atom. The van der Waals surface area contributed by atoms with E-state index in [9.17, 15) is 20.5 Å². The van der Waals surface area contributed by atoms with Crippen LogP contribution in [0.4, 0.5) is 0 Å². The molecule has 152 valence electrons. The molecule has 1 fully saturated rings. The van der Waals surface area contributed by atoms with Crippen molar-refractivity contribution in [2.75, 3.05) is 13.7 Å². The third-order valence-electron chi connectivity index (χ3n) is 6.81. The highest BCUT2D eigenvalue weighted by Gasteiger charge is 2.46. The van der Waals surface area contributed by atoms with Crippen LogP contribution in [0.3, 0.4) is 0 Å². The van der Waals surface area contributed by atoms with Gasteiger partial charge in [0.1, 0.15) is 24.4 Å². The fourth-order valence-electron chi connectivity index (χ4n) is 5.41. The van der Waals surface area contributed by atoms with Crippen molar-refractivity contribution in [1.82, 2.24) is 0 Å². The number of aliphatic hydroxyl groups is 3. The number of fused-ring (bicyclic) bond motifs is 7. The predicted octanol–water partition coefficient (Wildman–Crippen LogP) is 3.01. The van der Waals surface area contributed by atoms with Crippen molar-refractivity contribution in [3.8, 4) is 5.75 Å². The molecule has 2 heterocycles. The Kier molecular flexibility index (Phi) is 4.31. The largest absolute Gasteiger partial charge is 0.632 e. The Morgan fingerprint density at radius 2 is 1.86 bits per heavy atom. The molecular formula is C23H25NO5. The molecule has 5 rings (SSSR count). The van der Waals surface area contributed by atoms with Crippen molar-refractivity contribution in [3.05, 3.63) is 57.8 Å². The fourth-order valence-corrected chi connectivity index (χ4v) is 5.41. The second-order valence-electron chi connectivity index (χ2n) is 8.29. The van der Waals surface area contributed by atoms with Gasteiger partial charge >= 0.3 is 0 Å². The average Bonchev–Trinajstić information content (AvgIpc) is 3.14. The summed E-state index contributed by atoms with van der Waals surface area (Å²) in [6.07, 6.45) is 0.724. The van der Waals surface area contributed by atoms with Crippen LogP contribution in [0.5, 0.6) is 5.75 Å². The van der Waals surface area contributed by atoms with E-state index in [0.29, 0.717) is 24.4 Å². The van der Waals surface area contributed by atoms with Gasteiger partial charge in [-0.15, -0.1) is 0 Å². The molecule has 0 aliphatic carbocycles. The van der Waals surface area contributed by atoms with Crippen LogP contribution in [0, 0.1) is 5.21 Å². The van der Waals surface area contributed by atoms with E-state index in [1.165, 1.54) is 0 Å². The van der Waals surface area contributed by atoms with E-state index in [1.807, 2.05) is 30.3 Å². The molecule has 1 saturated heterocycles. The van der Waals surface area contributed by atoms with Crippen molar-refractivity contribution in [2.24, 2.45) is 0 Å². The summed E-state index contributed by atoms with van der Waals surface area (Å²) in [6, 6.07) is 9.17. The number of quaternary nitrogens is 1. The smallest absolute Gasteiger partial charge is 0.132 e. The quantitative estimate of drug-likeness (QED) is 0.360. The number of ether oxygens (including phenoxy) is 1. The van der Waals surface area contributed by atoms with Crippen molar-refractivity contribution >= 4 is 21.5 Å². The number of hydroxylamine groups is 3. The van der Waals surface area contributed by atoms with Crippen LogP contribution in [0.25, 0.3) is 21.5 Å². The Bertz CT molecular complexity index is 1130. The van der Waals surface area contributed by atoms with Gasteiger partial charge in [-0.05, 0) is 45.3 Å². The first-order valence-electron chi connectivity index (χ1n) is 10.1. The summed E-state index contributed by atoms with van der Waals surface area (Å²) in [5.74, 6) is 0.565. The number of hydrogen-bond acceptors (Lipinski definition) is 5. The summed E-state index contributed by atoms with van der Waals surface area (Å²) in [7, 11) is 1.56. The van der Waals surface area contributed by atoms with Crippen molar-refractivity contribution < 1.29 is 24.7 Å². The van der Waals surface area contributed by atoms with Gasteiger partial charge in [0.05, 0.1) is 26.9 Å². The summed E-state index contributed by atoms with van der Waals surface area (Å²) in [4.78, 5) is 0. The minimum absolute atomic E-state index is 0.0801. The van der Waals surface area contributed by atoms with Gasteiger partial charge in [-0.25, -0.2) is 0 Å². The number of rotatable bonds is 3. The Balaban J connectivity index is 1.93. The lowest BCUT2D eigenvalue weighted by Gasteiger charge is -2.50. The summed E-state index contributed by atoms with van der Waals surface area (Å²) in [5, 5.41) is 47.8. The molecule has 3 N–H and O–H groups in total. The molecule has 0 spiro atoms. The van der Waals surface area contributed by atoms with Gasteiger partial charge in [-0.1, -0.05) is 12.1 Å². The molecule has 6 heteroatoms. The second-order valence-corrected chi connectivity index (χ2v) is 8.29. The zero-order valence-corrected chi connectivity index (χ0v) is 16.4. The molecule has 3 aromatic carbocycles. The molecule has 3 atom stereocenters. The minimum Gasteiger partial charge on any atom is -0.632 e. The lowest BCUT2D eigenvalue weighted by Crippen LogP contribution is -2.51. The maximum absolute atomic E-state index is 13.5. The Morgan fingerprint density at radius 3 is 2.59 bits per heavy atom. The van der Waals surface area contributed by atoms with Crippen LogP contribution in [0.2, 0.25) is 0 Å². The molecule has 1 unspecified atom stereocenters. The normalized spacial score (nSPS) is 26.0. The zero-order chi connectivity index (χ0) is 20.3. The molecule has 29 heavy (non-hydrogen) atoms. The molecule has 0 bridgehead atoms. The topological polar surface area (TPSA) is 93.0 Å². The average molecular weight is 395 g/mol. The van der Waals surface area contributed by atoms with Crippen LogP contribution in [0.1, 0.15) is 41.2 Å². The Labute approximate surface area is 168 Å². The van der Waals surface area contributed by atoms with Gasteiger partial charge < -0.3 is 29.9 Å². The summed E-state index contributed by atoms with van der Waals surface area (Å²) >= 11 is 0. The highest BCUT2D eigenvalue weighted by Crippen LogP contribution is 2.48. The van der Waals surface area contributed by atoms with Crippen LogP contribution < -0.4 is 4.74 Å². The second kappa shape index (κ2) is 6.65. The Hall–Kier alpha value is -2.22. The van der Waals surface area contributed by atoms with Crippen LogP contribution in [-0.2, 0) is 19.8 Å². The summed E-state index contributed by atoms with van der Waals surface area (Å²) in [6.45, 7) is 0.607. The molecule has 0 saturated carbocycles. The lowest BCUT2D eigenvalue weighted by molar-refractivity contribution is -0.912. The molecule has 0 aromatic heterocycles. The van der Waals surface area contributed by atoms with Crippen LogP contribution in [-0.4, -0.2) is 39.7 Å². The van der Waals surface area contributed by atoms with E-state index in [0.717, 1.165) is 51.1 Å². The number of nitrogens with zero attached hydrogens (tertiary/aromatic N) is 1. The van der Waals surface area contributed by atoms with Crippen molar-refractivity contribution in [2.45, 2.75) is 44.7 Å².